The summed E-state index contributed by atoms with van der Waals surface area (Å²) in [6, 6.07) is 10.2. The highest BCUT2D eigenvalue weighted by Crippen LogP contribution is 2.29. The van der Waals surface area contributed by atoms with Crippen LogP contribution in [-0.2, 0) is 0 Å². The first-order chi connectivity index (χ1) is 11.0. The van der Waals surface area contributed by atoms with E-state index in [2.05, 4.69) is 0 Å². The molecule has 0 aliphatic carbocycles. The van der Waals surface area contributed by atoms with Crippen LogP contribution in [0.15, 0.2) is 57.9 Å². The number of benzene rings is 2. The minimum Gasteiger partial charge on any atom is -0.464 e. The molecule has 0 bridgehead atoms. The summed E-state index contributed by atoms with van der Waals surface area (Å²) in [7, 11) is 0. The highest BCUT2D eigenvalue weighted by Gasteiger charge is 2.24. The van der Waals surface area contributed by atoms with Crippen LogP contribution in [0.4, 0.5) is 5.69 Å². The zero-order valence-electron chi connectivity index (χ0n) is 11.6. The Labute approximate surface area is 134 Å². The molecule has 1 N–H and O–H groups in total. The van der Waals surface area contributed by atoms with Crippen LogP contribution in [-0.4, -0.2) is 10.0 Å². The maximum atomic E-state index is 12.5. The summed E-state index contributed by atoms with van der Waals surface area (Å²) in [4.78, 5) is 23.0. The topological polar surface area (TPSA) is 93.6 Å². The van der Waals surface area contributed by atoms with Gasteiger partial charge in [-0.25, -0.2) is 0 Å². The molecule has 7 heteroatoms. The molecule has 6 nitrogen and oxygen atoms in total. The van der Waals surface area contributed by atoms with Gasteiger partial charge in [0.05, 0.1) is 21.4 Å². The Morgan fingerprint density at radius 3 is 2.65 bits per heavy atom. The van der Waals surface area contributed by atoms with Crippen molar-refractivity contribution in [2.45, 2.75) is 6.10 Å². The van der Waals surface area contributed by atoms with E-state index in [0.717, 1.165) is 6.26 Å². The van der Waals surface area contributed by atoms with Crippen molar-refractivity contribution in [1.82, 2.24) is 0 Å². The van der Waals surface area contributed by atoms with Gasteiger partial charge in [-0.2, -0.15) is 0 Å². The Morgan fingerprint density at radius 2 is 1.91 bits per heavy atom. The number of rotatable bonds is 3. The molecular weight excluding hydrogens is 322 g/mol. The molecule has 2 aromatic carbocycles. The molecule has 1 heterocycles. The average molecular weight is 332 g/mol. The van der Waals surface area contributed by atoms with Crippen molar-refractivity contribution in [3.05, 3.63) is 85.2 Å². The largest absolute Gasteiger partial charge is 0.464 e. The summed E-state index contributed by atoms with van der Waals surface area (Å²) in [5.74, 6) is 0. The average Bonchev–Trinajstić information content (AvgIpc) is 2.55. The Hall–Kier alpha value is -2.70. The molecular formula is C16H10ClNO5. The van der Waals surface area contributed by atoms with Crippen LogP contribution >= 0.6 is 11.6 Å². The van der Waals surface area contributed by atoms with Gasteiger partial charge < -0.3 is 9.52 Å². The Morgan fingerprint density at radius 1 is 1.17 bits per heavy atom. The number of nitro benzene ring substituents is 1. The Kier molecular flexibility index (Phi) is 3.85. The smallest absolute Gasteiger partial charge is 0.275 e. The first kappa shape index (κ1) is 15.2. The van der Waals surface area contributed by atoms with Crippen molar-refractivity contribution in [2.75, 3.05) is 0 Å². The molecule has 0 fully saturated rings. The highest BCUT2D eigenvalue weighted by atomic mass is 35.5. The number of hydrogen-bond acceptors (Lipinski definition) is 5. The van der Waals surface area contributed by atoms with Gasteiger partial charge in [0.2, 0.25) is 0 Å². The minimum atomic E-state index is -1.48. The van der Waals surface area contributed by atoms with Crippen LogP contribution in [0.5, 0.6) is 0 Å². The minimum absolute atomic E-state index is 0.0196. The third kappa shape index (κ3) is 2.69. The first-order valence-corrected chi connectivity index (χ1v) is 6.99. The van der Waals surface area contributed by atoms with Gasteiger partial charge in [-0.1, -0.05) is 23.7 Å². The lowest BCUT2D eigenvalue weighted by atomic mass is 10.00. The van der Waals surface area contributed by atoms with Gasteiger partial charge in [0, 0.05) is 11.1 Å². The normalized spacial score (nSPS) is 12.3. The summed E-state index contributed by atoms with van der Waals surface area (Å²) in [6.07, 6.45) is -0.365. The van der Waals surface area contributed by atoms with E-state index < -0.39 is 16.5 Å². The number of hydrogen-bond donors (Lipinski definition) is 1. The van der Waals surface area contributed by atoms with Crippen molar-refractivity contribution in [2.24, 2.45) is 0 Å². The number of aliphatic hydroxyl groups excluding tert-OH is 1. The summed E-state index contributed by atoms with van der Waals surface area (Å²) < 4.78 is 5.33. The van der Waals surface area contributed by atoms with Crippen LogP contribution in [0.2, 0.25) is 5.02 Å². The maximum Gasteiger partial charge on any atom is 0.275 e. The van der Waals surface area contributed by atoms with Crippen LogP contribution in [0, 0.1) is 10.1 Å². The SMILES string of the molecule is O=c1c(C(O)c2ccccc2[N+](=O)[O-])coc2ccc(Cl)cc12. The molecule has 0 aliphatic rings. The van der Waals surface area contributed by atoms with E-state index in [-0.39, 0.29) is 22.2 Å². The lowest BCUT2D eigenvalue weighted by molar-refractivity contribution is -0.386. The van der Waals surface area contributed by atoms with Crippen molar-refractivity contribution in [3.63, 3.8) is 0 Å². The second-order valence-corrected chi connectivity index (χ2v) is 5.32. The molecule has 1 unspecified atom stereocenters. The number of halogens is 1. The molecule has 1 aromatic heterocycles. The van der Waals surface area contributed by atoms with E-state index in [4.69, 9.17) is 16.0 Å². The number of para-hydroxylation sites is 1. The number of fused-ring (bicyclic) bond motifs is 1. The highest BCUT2D eigenvalue weighted by molar-refractivity contribution is 6.31. The number of aliphatic hydroxyl groups is 1. The number of nitrogens with zero attached hydrogens (tertiary/aromatic N) is 1. The van der Waals surface area contributed by atoms with Crippen molar-refractivity contribution in [1.29, 1.82) is 0 Å². The fourth-order valence-electron chi connectivity index (χ4n) is 2.36. The molecule has 0 saturated heterocycles. The van der Waals surface area contributed by atoms with Gasteiger partial charge >= 0.3 is 0 Å². The van der Waals surface area contributed by atoms with Crippen molar-refractivity contribution < 1.29 is 14.4 Å². The Bertz CT molecular complexity index is 966. The van der Waals surface area contributed by atoms with Gasteiger partial charge in [0.1, 0.15) is 18.0 Å². The quantitative estimate of drug-likeness (QED) is 0.586. The van der Waals surface area contributed by atoms with E-state index >= 15 is 0 Å². The maximum absolute atomic E-state index is 12.5. The zero-order chi connectivity index (χ0) is 16.6. The van der Waals surface area contributed by atoms with E-state index in [1.54, 1.807) is 18.2 Å². The van der Waals surface area contributed by atoms with E-state index in [1.807, 2.05) is 0 Å². The second-order valence-electron chi connectivity index (χ2n) is 4.88. The summed E-state index contributed by atoms with van der Waals surface area (Å²) >= 11 is 5.87. The van der Waals surface area contributed by atoms with Gasteiger partial charge in [0.15, 0.2) is 5.43 Å². The molecule has 23 heavy (non-hydrogen) atoms. The molecule has 1 atom stereocenters. The van der Waals surface area contributed by atoms with Gasteiger partial charge in [-0.05, 0) is 24.3 Å². The molecule has 3 rings (SSSR count). The van der Waals surface area contributed by atoms with E-state index in [0.29, 0.717) is 10.6 Å². The lowest BCUT2D eigenvalue weighted by Gasteiger charge is -2.11. The number of nitro groups is 1. The molecule has 0 saturated carbocycles. The molecule has 0 amide bonds. The predicted octanol–water partition coefficient (Wildman–Crippen LogP) is 3.44. The van der Waals surface area contributed by atoms with Crippen molar-refractivity contribution in [3.8, 4) is 0 Å². The zero-order valence-corrected chi connectivity index (χ0v) is 12.4. The van der Waals surface area contributed by atoms with Crippen molar-refractivity contribution >= 4 is 28.3 Å². The van der Waals surface area contributed by atoms with E-state index in [1.165, 1.54) is 24.3 Å². The monoisotopic (exact) mass is 331 g/mol. The third-order valence-corrected chi connectivity index (χ3v) is 3.72. The summed E-state index contributed by atoms with van der Waals surface area (Å²) in [6.45, 7) is 0. The molecule has 116 valence electrons. The molecule has 3 aromatic rings. The first-order valence-electron chi connectivity index (χ1n) is 6.61. The van der Waals surface area contributed by atoms with Gasteiger partial charge in [-0.3, -0.25) is 14.9 Å². The fraction of sp³-hybridized carbons (Fsp3) is 0.0625. The van der Waals surface area contributed by atoms with Gasteiger partial charge in [-0.15, -0.1) is 0 Å². The lowest BCUT2D eigenvalue weighted by Crippen LogP contribution is -2.15. The fourth-order valence-corrected chi connectivity index (χ4v) is 2.53. The second kappa shape index (κ2) is 5.83. The summed E-state index contributed by atoms with van der Waals surface area (Å²) in [5, 5.41) is 22.1. The molecule has 0 aliphatic heterocycles. The van der Waals surface area contributed by atoms with Crippen LogP contribution in [0.3, 0.4) is 0 Å². The summed E-state index contributed by atoms with van der Waals surface area (Å²) in [5.41, 5.74) is -0.511. The predicted molar refractivity (Wildman–Crippen MR) is 84.7 cm³/mol. The molecule has 0 spiro atoms. The van der Waals surface area contributed by atoms with E-state index in [9.17, 15) is 20.0 Å². The van der Waals surface area contributed by atoms with Crippen LogP contribution in [0.25, 0.3) is 11.0 Å². The van der Waals surface area contributed by atoms with Crippen LogP contribution in [0.1, 0.15) is 17.2 Å². The van der Waals surface area contributed by atoms with Crippen LogP contribution < -0.4 is 5.43 Å². The third-order valence-electron chi connectivity index (χ3n) is 3.48. The standard InChI is InChI=1S/C16H10ClNO5/c17-9-5-6-14-11(7-9)16(20)12(8-23-14)15(19)10-3-1-2-4-13(10)18(21)22/h1-8,15,19H. The van der Waals surface area contributed by atoms with Gasteiger partial charge in [0.25, 0.3) is 5.69 Å². The Balaban J connectivity index is 2.19. The molecule has 0 radical (unpaired) electrons.